The van der Waals surface area contributed by atoms with Gasteiger partial charge in [0.05, 0.1) is 11.1 Å². The van der Waals surface area contributed by atoms with E-state index in [9.17, 15) is 9.59 Å². The Morgan fingerprint density at radius 1 is 1.12 bits per heavy atom. The molecule has 0 atom stereocenters. The summed E-state index contributed by atoms with van der Waals surface area (Å²) >= 11 is 1.53. The summed E-state index contributed by atoms with van der Waals surface area (Å²) in [7, 11) is 0. The molecule has 0 fully saturated rings. The molecule has 1 aliphatic rings. The van der Waals surface area contributed by atoms with Gasteiger partial charge >= 0.3 is 5.97 Å². The van der Waals surface area contributed by atoms with Crippen molar-refractivity contribution < 1.29 is 19.1 Å². The van der Waals surface area contributed by atoms with E-state index >= 15 is 0 Å². The van der Waals surface area contributed by atoms with Crippen molar-refractivity contribution in [3.8, 4) is 11.5 Å². The van der Waals surface area contributed by atoms with E-state index in [1.54, 1.807) is 49.4 Å². The highest BCUT2D eigenvalue weighted by atomic mass is 32.1. The van der Waals surface area contributed by atoms with Crippen LogP contribution in [-0.4, -0.2) is 11.8 Å². The SMILES string of the molecule is Cc1cc(OC(=O)c2ccccc2)cc2c1C(=O)/C(=C/c1cccs1)O2. The van der Waals surface area contributed by atoms with Crippen molar-refractivity contribution in [2.45, 2.75) is 6.92 Å². The molecule has 0 amide bonds. The summed E-state index contributed by atoms with van der Waals surface area (Å²) in [5, 5.41) is 1.94. The first kappa shape index (κ1) is 16.3. The third kappa shape index (κ3) is 3.05. The number of fused-ring (bicyclic) bond motifs is 1. The van der Waals surface area contributed by atoms with Crippen LogP contribution in [0.2, 0.25) is 0 Å². The molecule has 1 aromatic heterocycles. The summed E-state index contributed by atoms with van der Waals surface area (Å²) in [5.41, 5.74) is 1.67. The summed E-state index contributed by atoms with van der Waals surface area (Å²) in [6.45, 7) is 1.80. The summed E-state index contributed by atoms with van der Waals surface area (Å²) in [5.74, 6) is 0.418. The van der Waals surface area contributed by atoms with Crippen molar-refractivity contribution in [3.05, 3.63) is 87.3 Å². The molecular formula is C21H14O4S. The summed E-state index contributed by atoms with van der Waals surface area (Å²) in [6.07, 6.45) is 1.72. The summed E-state index contributed by atoms with van der Waals surface area (Å²) in [6, 6.07) is 15.8. The van der Waals surface area contributed by atoms with Crippen LogP contribution in [0.15, 0.2) is 65.7 Å². The summed E-state index contributed by atoms with van der Waals surface area (Å²) in [4.78, 5) is 25.8. The van der Waals surface area contributed by atoms with Gasteiger partial charge in [0.2, 0.25) is 5.78 Å². The molecule has 0 radical (unpaired) electrons. The Kier molecular flexibility index (Phi) is 4.14. The zero-order valence-corrected chi connectivity index (χ0v) is 14.7. The van der Waals surface area contributed by atoms with E-state index in [-0.39, 0.29) is 11.5 Å². The molecule has 128 valence electrons. The van der Waals surface area contributed by atoms with Gasteiger partial charge in [-0.1, -0.05) is 24.3 Å². The van der Waals surface area contributed by atoms with Crippen LogP contribution in [-0.2, 0) is 0 Å². The van der Waals surface area contributed by atoms with Crippen molar-refractivity contribution >= 4 is 29.2 Å². The van der Waals surface area contributed by atoms with Crippen molar-refractivity contribution in [1.82, 2.24) is 0 Å². The number of ketones is 1. The van der Waals surface area contributed by atoms with Crippen molar-refractivity contribution in [3.63, 3.8) is 0 Å². The molecule has 0 N–H and O–H groups in total. The average molecular weight is 362 g/mol. The van der Waals surface area contributed by atoms with Crippen LogP contribution in [0.4, 0.5) is 0 Å². The van der Waals surface area contributed by atoms with Crippen LogP contribution in [0, 0.1) is 6.92 Å². The first-order valence-electron chi connectivity index (χ1n) is 8.01. The zero-order chi connectivity index (χ0) is 18.1. The summed E-state index contributed by atoms with van der Waals surface area (Å²) < 4.78 is 11.2. The molecule has 0 bridgehead atoms. The van der Waals surface area contributed by atoms with Gasteiger partial charge in [-0.05, 0) is 42.1 Å². The number of rotatable bonds is 3. The van der Waals surface area contributed by atoms with Crippen molar-refractivity contribution in [2.75, 3.05) is 0 Å². The fourth-order valence-corrected chi connectivity index (χ4v) is 3.43. The Hall–Kier alpha value is -3.18. The Balaban J connectivity index is 1.62. The number of aryl methyl sites for hydroxylation is 1. The third-order valence-electron chi connectivity index (χ3n) is 3.98. The van der Waals surface area contributed by atoms with Gasteiger partial charge < -0.3 is 9.47 Å². The largest absolute Gasteiger partial charge is 0.452 e. The Labute approximate surface area is 154 Å². The first-order valence-corrected chi connectivity index (χ1v) is 8.89. The highest BCUT2D eigenvalue weighted by molar-refractivity contribution is 7.10. The number of Topliss-reactive ketones (excluding diaryl/α,β-unsaturated/α-hetero) is 1. The number of esters is 1. The Bertz CT molecular complexity index is 1020. The van der Waals surface area contributed by atoms with Gasteiger partial charge in [0.1, 0.15) is 11.5 Å². The Morgan fingerprint density at radius 3 is 2.65 bits per heavy atom. The predicted molar refractivity (Wildman–Crippen MR) is 99.8 cm³/mol. The lowest BCUT2D eigenvalue weighted by molar-refractivity contribution is 0.0734. The number of allylic oxidation sites excluding steroid dienone is 1. The fourth-order valence-electron chi connectivity index (χ4n) is 2.78. The molecule has 4 nitrogen and oxygen atoms in total. The van der Waals surface area contributed by atoms with E-state index in [1.807, 2.05) is 23.6 Å². The van der Waals surface area contributed by atoms with E-state index in [0.717, 1.165) is 4.88 Å². The number of hydrogen-bond donors (Lipinski definition) is 0. The lowest BCUT2D eigenvalue weighted by Gasteiger charge is -2.07. The van der Waals surface area contributed by atoms with E-state index in [1.165, 1.54) is 11.3 Å². The van der Waals surface area contributed by atoms with Crippen LogP contribution in [0.25, 0.3) is 6.08 Å². The molecule has 4 rings (SSSR count). The maximum atomic E-state index is 12.6. The van der Waals surface area contributed by atoms with E-state index in [4.69, 9.17) is 9.47 Å². The molecule has 3 aromatic rings. The minimum absolute atomic E-state index is 0.160. The molecule has 26 heavy (non-hydrogen) atoms. The second-order valence-electron chi connectivity index (χ2n) is 5.82. The fraction of sp³-hybridized carbons (Fsp3) is 0.0476. The highest BCUT2D eigenvalue weighted by Crippen LogP contribution is 2.38. The maximum absolute atomic E-state index is 12.6. The molecular weight excluding hydrogens is 348 g/mol. The van der Waals surface area contributed by atoms with Gasteiger partial charge in [-0.15, -0.1) is 11.3 Å². The van der Waals surface area contributed by atoms with Crippen molar-refractivity contribution in [2.24, 2.45) is 0 Å². The average Bonchev–Trinajstić information content (AvgIpc) is 3.24. The zero-order valence-electron chi connectivity index (χ0n) is 13.9. The molecule has 5 heteroatoms. The van der Waals surface area contributed by atoms with Gasteiger partial charge in [0.25, 0.3) is 0 Å². The maximum Gasteiger partial charge on any atom is 0.343 e. The number of ether oxygens (including phenoxy) is 2. The smallest absolute Gasteiger partial charge is 0.343 e. The highest BCUT2D eigenvalue weighted by Gasteiger charge is 2.30. The molecule has 2 heterocycles. The lowest BCUT2D eigenvalue weighted by atomic mass is 10.0. The second kappa shape index (κ2) is 6.61. The number of carbonyl (C=O) groups excluding carboxylic acids is 2. The normalized spacial score (nSPS) is 14.2. The quantitative estimate of drug-likeness (QED) is 0.378. The minimum Gasteiger partial charge on any atom is -0.452 e. The molecule has 0 spiro atoms. The van der Waals surface area contributed by atoms with Gasteiger partial charge in [-0.3, -0.25) is 4.79 Å². The minimum atomic E-state index is -0.455. The number of thiophene rings is 1. The van der Waals surface area contributed by atoms with E-state index < -0.39 is 5.97 Å². The molecule has 2 aromatic carbocycles. The number of hydrogen-bond acceptors (Lipinski definition) is 5. The molecule has 0 unspecified atom stereocenters. The lowest BCUT2D eigenvalue weighted by Crippen LogP contribution is -2.08. The predicted octanol–water partition coefficient (Wildman–Crippen LogP) is 4.89. The van der Waals surface area contributed by atoms with Gasteiger partial charge in [-0.2, -0.15) is 0 Å². The van der Waals surface area contributed by atoms with Crippen molar-refractivity contribution in [1.29, 1.82) is 0 Å². The monoisotopic (exact) mass is 362 g/mol. The van der Waals surface area contributed by atoms with Gasteiger partial charge in [-0.25, -0.2) is 4.79 Å². The third-order valence-corrected chi connectivity index (χ3v) is 4.80. The Morgan fingerprint density at radius 2 is 1.92 bits per heavy atom. The standard InChI is InChI=1S/C21H14O4S/c1-13-10-15(24-21(23)14-6-3-2-4-7-14)11-17-19(13)20(22)18(25-17)12-16-8-5-9-26-16/h2-12H,1H3/b18-12-. The van der Waals surface area contributed by atoms with Crippen LogP contribution in [0.5, 0.6) is 11.5 Å². The number of benzene rings is 2. The topological polar surface area (TPSA) is 52.6 Å². The first-order chi connectivity index (χ1) is 12.6. The number of carbonyl (C=O) groups is 2. The van der Waals surface area contributed by atoms with E-state index in [0.29, 0.717) is 28.2 Å². The molecule has 0 saturated carbocycles. The van der Waals surface area contributed by atoms with Gasteiger partial charge in [0, 0.05) is 17.0 Å². The van der Waals surface area contributed by atoms with Crippen LogP contribution >= 0.6 is 11.3 Å². The molecule has 1 aliphatic heterocycles. The van der Waals surface area contributed by atoms with Crippen LogP contribution < -0.4 is 9.47 Å². The second-order valence-corrected chi connectivity index (χ2v) is 6.80. The van der Waals surface area contributed by atoms with Gasteiger partial charge in [0.15, 0.2) is 5.76 Å². The molecule has 0 saturated heterocycles. The van der Waals surface area contributed by atoms with Crippen LogP contribution in [0.3, 0.4) is 0 Å². The van der Waals surface area contributed by atoms with Crippen LogP contribution in [0.1, 0.15) is 31.2 Å². The van der Waals surface area contributed by atoms with E-state index in [2.05, 4.69) is 0 Å². The molecule has 0 aliphatic carbocycles.